The van der Waals surface area contributed by atoms with Crippen LogP contribution in [0.15, 0.2) is 47.4 Å². The fraction of sp³-hybridized carbons (Fsp3) is 0.235. The molecule has 0 unspecified atom stereocenters. The van der Waals surface area contributed by atoms with E-state index >= 15 is 0 Å². The second kappa shape index (κ2) is 7.43. The van der Waals surface area contributed by atoms with Crippen LogP contribution >= 0.6 is 0 Å². The molecule has 134 valence electrons. The number of benzene rings is 2. The van der Waals surface area contributed by atoms with Crippen LogP contribution in [0.2, 0.25) is 0 Å². The first-order valence-corrected chi connectivity index (χ1v) is 8.82. The van der Waals surface area contributed by atoms with E-state index in [9.17, 15) is 13.2 Å². The highest BCUT2D eigenvalue weighted by Gasteiger charge is 2.23. The number of nitrogens with one attached hydrogen (secondary N) is 1. The maximum atomic E-state index is 12.8. The third-order valence-corrected chi connectivity index (χ3v) is 5.52. The lowest BCUT2D eigenvalue weighted by Crippen LogP contribution is -2.26. The Bertz CT molecular complexity index is 863. The molecule has 1 amide bonds. The number of carbonyl (C=O) groups excluding carboxylic acids is 1. The Hall–Kier alpha value is -2.74. The fourth-order valence-corrected chi connectivity index (χ4v) is 3.45. The third kappa shape index (κ3) is 3.69. The molecule has 0 atom stereocenters. The number of sulfonamides is 1. The molecule has 0 radical (unpaired) electrons. The number of ether oxygens (including phenoxy) is 2. The molecule has 0 spiro atoms. The minimum absolute atomic E-state index is 0.0722. The van der Waals surface area contributed by atoms with E-state index in [2.05, 4.69) is 5.32 Å². The number of carbonyl (C=O) groups is 1. The summed E-state index contributed by atoms with van der Waals surface area (Å²) in [7, 11) is 2.10. The molecule has 25 heavy (non-hydrogen) atoms. The molecule has 0 bridgehead atoms. The number of nitrogens with zero attached hydrogens (tertiary/aromatic N) is 1. The smallest absolute Gasteiger partial charge is 0.264 e. The lowest BCUT2D eigenvalue weighted by Gasteiger charge is -2.20. The van der Waals surface area contributed by atoms with Gasteiger partial charge in [0.15, 0.2) is 11.5 Å². The molecule has 0 aromatic heterocycles. The van der Waals surface area contributed by atoms with Gasteiger partial charge in [0, 0.05) is 25.7 Å². The second-order valence-corrected chi connectivity index (χ2v) is 7.08. The number of anilines is 1. The van der Waals surface area contributed by atoms with Crippen LogP contribution in [0.5, 0.6) is 11.5 Å². The third-order valence-electron chi connectivity index (χ3n) is 3.73. The van der Waals surface area contributed by atoms with Crippen LogP contribution in [-0.4, -0.2) is 42.6 Å². The summed E-state index contributed by atoms with van der Waals surface area (Å²) < 4.78 is 37.1. The quantitative estimate of drug-likeness (QED) is 0.846. The van der Waals surface area contributed by atoms with Crippen molar-refractivity contribution in [2.24, 2.45) is 0 Å². The minimum atomic E-state index is -3.79. The molecule has 8 heteroatoms. The first-order chi connectivity index (χ1) is 11.8. The van der Waals surface area contributed by atoms with Crippen molar-refractivity contribution in [3.63, 3.8) is 0 Å². The Labute approximate surface area is 147 Å². The van der Waals surface area contributed by atoms with Gasteiger partial charge in [-0.15, -0.1) is 0 Å². The summed E-state index contributed by atoms with van der Waals surface area (Å²) in [6.45, 7) is 0. The largest absolute Gasteiger partial charge is 0.493 e. The summed E-state index contributed by atoms with van der Waals surface area (Å²) in [5, 5.41) is 2.51. The molecule has 0 aliphatic carbocycles. The van der Waals surface area contributed by atoms with E-state index in [-0.39, 0.29) is 10.8 Å². The van der Waals surface area contributed by atoms with Gasteiger partial charge in [-0.25, -0.2) is 8.42 Å². The topological polar surface area (TPSA) is 84.9 Å². The van der Waals surface area contributed by atoms with Crippen molar-refractivity contribution in [3.8, 4) is 11.5 Å². The predicted octanol–water partition coefficient (Wildman–Crippen LogP) is 1.89. The van der Waals surface area contributed by atoms with E-state index in [1.165, 1.54) is 46.5 Å². The van der Waals surface area contributed by atoms with Crippen LogP contribution in [0.3, 0.4) is 0 Å². The summed E-state index contributed by atoms with van der Waals surface area (Å²) in [5.74, 6) is 0.530. The van der Waals surface area contributed by atoms with E-state index in [4.69, 9.17) is 9.47 Å². The summed E-state index contributed by atoms with van der Waals surface area (Å²) in [6.07, 6.45) is 0. The summed E-state index contributed by atoms with van der Waals surface area (Å²) >= 11 is 0. The van der Waals surface area contributed by atoms with Gasteiger partial charge in [-0.1, -0.05) is 0 Å². The van der Waals surface area contributed by atoms with Gasteiger partial charge < -0.3 is 14.8 Å². The van der Waals surface area contributed by atoms with Gasteiger partial charge in [0.1, 0.15) is 0 Å². The first-order valence-electron chi connectivity index (χ1n) is 7.38. The van der Waals surface area contributed by atoms with Gasteiger partial charge in [-0.3, -0.25) is 9.10 Å². The molecule has 7 nitrogen and oxygen atoms in total. The highest BCUT2D eigenvalue weighted by atomic mass is 32.2. The highest BCUT2D eigenvalue weighted by molar-refractivity contribution is 7.92. The monoisotopic (exact) mass is 364 g/mol. The van der Waals surface area contributed by atoms with Crippen LogP contribution in [0, 0.1) is 0 Å². The summed E-state index contributed by atoms with van der Waals surface area (Å²) in [5.41, 5.74) is 0.880. The number of rotatable bonds is 6. The maximum Gasteiger partial charge on any atom is 0.264 e. The number of amides is 1. The first kappa shape index (κ1) is 18.6. The van der Waals surface area contributed by atoms with Crippen LogP contribution in [0.4, 0.5) is 5.69 Å². The van der Waals surface area contributed by atoms with Gasteiger partial charge in [0.05, 0.1) is 24.8 Å². The van der Waals surface area contributed by atoms with Crippen LogP contribution in [0.25, 0.3) is 0 Å². The average Bonchev–Trinajstić information content (AvgIpc) is 2.66. The SMILES string of the molecule is CNC(=O)c1ccc(N(C)S(=O)(=O)c2ccc(OC)c(OC)c2)cc1. The molecule has 0 saturated carbocycles. The standard InChI is InChI=1S/C17H20N2O5S/c1-18-17(20)12-5-7-13(8-6-12)19(2)25(21,22)14-9-10-15(23-3)16(11-14)24-4/h5-11H,1-4H3,(H,18,20). The van der Waals surface area contributed by atoms with Crippen molar-refractivity contribution in [1.29, 1.82) is 0 Å². The highest BCUT2D eigenvalue weighted by Crippen LogP contribution is 2.31. The summed E-state index contributed by atoms with van der Waals surface area (Å²) in [4.78, 5) is 11.6. The van der Waals surface area contributed by atoms with Gasteiger partial charge in [0.2, 0.25) is 0 Å². The van der Waals surface area contributed by atoms with Crippen molar-refractivity contribution in [2.75, 3.05) is 32.6 Å². The average molecular weight is 364 g/mol. The Kier molecular flexibility index (Phi) is 5.53. The molecule has 2 rings (SSSR count). The van der Waals surface area contributed by atoms with E-state index < -0.39 is 10.0 Å². The van der Waals surface area contributed by atoms with Crippen LogP contribution in [-0.2, 0) is 10.0 Å². The number of hydrogen-bond acceptors (Lipinski definition) is 5. The Morgan fingerprint density at radius 2 is 1.60 bits per heavy atom. The molecule has 0 heterocycles. The Morgan fingerprint density at radius 3 is 2.12 bits per heavy atom. The molecule has 0 aliphatic heterocycles. The van der Waals surface area contributed by atoms with E-state index in [0.717, 1.165) is 4.31 Å². The van der Waals surface area contributed by atoms with Gasteiger partial charge in [0.25, 0.3) is 15.9 Å². The Balaban J connectivity index is 2.37. The minimum Gasteiger partial charge on any atom is -0.493 e. The molecular formula is C17H20N2O5S. The zero-order chi connectivity index (χ0) is 18.6. The van der Waals surface area contributed by atoms with Gasteiger partial charge in [-0.05, 0) is 36.4 Å². The maximum absolute atomic E-state index is 12.8. The van der Waals surface area contributed by atoms with Crippen molar-refractivity contribution in [1.82, 2.24) is 5.32 Å². The van der Waals surface area contributed by atoms with Crippen LogP contribution in [0.1, 0.15) is 10.4 Å². The van der Waals surface area contributed by atoms with Gasteiger partial charge in [-0.2, -0.15) is 0 Å². The molecule has 0 aliphatic rings. The summed E-state index contributed by atoms with van der Waals surface area (Å²) in [6, 6.07) is 10.7. The lowest BCUT2D eigenvalue weighted by molar-refractivity contribution is 0.0963. The molecule has 0 saturated heterocycles. The Morgan fingerprint density at radius 1 is 1.00 bits per heavy atom. The molecule has 2 aromatic rings. The molecule has 0 fully saturated rings. The van der Waals surface area contributed by atoms with Crippen molar-refractivity contribution in [2.45, 2.75) is 4.90 Å². The lowest BCUT2D eigenvalue weighted by atomic mass is 10.2. The fourth-order valence-electron chi connectivity index (χ4n) is 2.24. The van der Waals surface area contributed by atoms with E-state index in [1.54, 1.807) is 24.3 Å². The second-order valence-electron chi connectivity index (χ2n) is 5.12. The molecule has 2 aromatic carbocycles. The van der Waals surface area contributed by atoms with E-state index in [1.807, 2.05) is 0 Å². The van der Waals surface area contributed by atoms with Crippen molar-refractivity contribution in [3.05, 3.63) is 48.0 Å². The normalized spacial score (nSPS) is 10.9. The van der Waals surface area contributed by atoms with Crippen molar-refractivity contribution < 1.29 is 22.7 Å². The molecular weight excluding hydrogens is 344 g/mol. The number of methoxy groups -OCH3 is 2. The zero-order valence-corrected chi connectivity index (χ0v) is 15.3. The van der Waals surface area contributed by atoms with Crippen LogP contribution < -0.4 is 19.1 Å². The van der Waals surface area contributed by atoms with Crippen molar-refractivity contribution >= 4 is 21.6 Å². The predicted molar refractivity (Wildman–Crippen MR) is 95.0 cm³/mol. The molecule has 1 N–H and O–H groups in total. The number of hydrogen-bond donors (Lipinski definition) is 1. The van der Waals surface area contributed by atoms with E-state index in [0.29, 0.717) is 22.7 Å². The van der Waals surface area contributed by atoms with Gasteiger partial charge >= 0.3 is 0 Å². The zero-order valence-electron chi connectivity index (χ0n) is 14.4.